The molecule has 1 saturated heterocycles. The van der Waals surface area contributed by atoms with Crippen LogP contribution in [0.3, 0.4) is 0 Å². The Morgan fingerprint density at radius 3 is 2.80 bits per heavy atom. The Kier molecular flexibility index (Phi) is 3.57. The summed E-state index contributed by atoms with van der Waals surface area (Å²) in [6.45, 7) is 2.39. The van der Waals surface area contributed by atoms with Crippen molar-refractivity contribution in [2.24, 2.45) is 0 Å². The summed E-state index contributed by atoms with van der Waals surface area (Å²) in [7, 11) is 0. The lowest BCUT2D eigenvalue weighted by atomic mass is 9.83. The van der Waals surface area contributed by atoms with Crippen LogP contribution in [0.2, 0.25) is 5.02 Å². The molecule has 1 aromatic carbocycles. The number of nitrogens with zero attached hydrogens (tertiary/aromatic N) is 2. The molecule has 7 nitrogen and oxygen atoms in total. The van der Waals surface area contributed by atoms with Crippen LogP contribution in [-0.4, -0.2) is 21.5 Å². The molecule has 1 fully saturated rings. The molecule has 130 valence electrons. The van der Waals surface area contributed by atoms with Crippen molar-refractivity contribution in [1.29, 1.82) is 0 Å². The fourth-order valence-corrected chi connectivity index (χ4v) is 3.93. The van der Waals surface area contributed by atoms with Crippen LogP contribution in [-0.2, 0) is 23.3 Å². The number of benzene rings is 1. The van der Waals surface area contributed by atoms with Crippen molar-refractivity contribution >= 4 is 34.6 Å². The SMILES string of the molecule is CCCCc1nc2cc(Cl)cc3c2n(c1=O)CCC31NC(=O)NC1=O. The molecule has 1 aromatic heterocycles. The molecule has 1 atom stereocenters. The fourth-order valence-electron chi connectivity index (χ4n) is 3.72. The van der Waals surface area contributed by atoms with Crippen LogP contribution in [0, 0.1) is 0 Å². The maximum absolute atomic E-state index is 12.8. The minimum Gasteiger partial charge on any atom is -0.319 e. The number of hydrogen-bond acceptors (Lipinski definition) is 4. The Hall–Kier alpha value is -2.41. The summed E-state index contributed by atoms with van der Waals surface area (Å²) in [5, 5.41) is 5.41. The summed E-state index contributed by atoms with van der Waals surface area (Å²) in [4.78, 5) is 41.5. The molecular weight excluding hydrogens is 344 g/mol. The van der Waals surface area contributed by atoms with Gasteiger partial charge in [0.15, 0.2) is 0 Å². The summed E-state index contributed by atoms with van der Waals surface area (Å²) in [6, 6.07) is 2.79. The zero-order valence-corrected chi connectivity index (χ0v) is 14.4. The highest BCUT2D eigenvalue weighted by molar-refractivity contribution is 6.31. The van der Waals surface area contributed by atoms with Gasteiger partial charge < -0.3 is 9.88 Å². The van der Waals surface area contributed by atoms with E-state index in [1.54, 1.807) is 16.7 Å². The number of fused-ring (bicyclic) bond motifs is 1. The highest BCUT2D eigenvalue weighted by Crippen LogP contribution is 2.38. The number of rotatable bonds is 3. The zero-order valence-electron chi connectivity index (χ0n) is 13.7. The number of urea groups is 1. The monoisotopic (exact) mass is 360 g/mol. The first kappa shape index (κ1) is 16.1. The highest BCUT2D eigenvalue weighted by Gasteiger charge is 2.50. The van der Waals surface area contributed by atoms with E-state index in [1.807, 2.05) is 0 Å². The molecule has 2 aliphatic heterocycles. The molecule has 4 rings (SSSR count). The number of halogens is 1. The second-order valence-corrected chi connectivity index (χ2v) is 6.94. The maximum Gasteiger partial charge on any atom is 0.322 e. The van der Waals surface area contributed by atoms with Crippen molar-refractivity contribution in [3.63, 3.8) is 0 Å². The average Bonchev–Trinajstić information content (AvgIpc) is 2.85. The quantitative estimate of drug-likeness (QED) is 0.817. The number of hydrogen-bond donors (Lipinski definition) is 2. The molecule has 0 saturated carbocycles. The number of carbonyl (C=O) groups excluding carboxylic acids is 2. The highest BCUT2D eigenvalue weighted by atomic mass is 35.5. The average molecular weight is 361 g/mol. The van der Waals surface area contributed by atoms with Crippen molar-refractivity contribution in [1.82, 2.24) is 20.2 Å². The maximum atomic E-state index is 12.8. The molecule has 0 radical (unpaired) electrons. The molecule has 8 heteroatoms. The van der Waals surface area contributed by atoms with Crippen molar-refractivity contribution in [2.75, 3.05) is 0 Å². The van der Waals surface area contributed by atoms with E-state index in [-0.39, 0.29) is 5.56 Å². The Morgan fingerprint density at radius 2 is 2.12 bits per heavy atom. The summed E-state index contributed by atoms with van der Waals surface area (Å²) < 4.78 is 1.65. The van der Waals surface area contributed by atoms with Gasteiger partial charge >= 0.3 is 6.03 Å². The second-order valence-electron chi connectivity index (χ2n) is 6.50. The number of aryl methyl sites for hydroxylation is 2. The van der Waals surface area contributed by atoms with E-state index in [9.17, 15) is 14.4 Å². The van der Waals surface area contributed by atoms with Gasteiger partial charge in [-0.25, -0.2) is 9.78 Å². The van der Waals surface area contributed by atoms with Crippen molar-refractivity contribution in [3.8, 4) is 0 Å². The number of carbonyl (C=O) groups is 2. The standard InChI is InChI=1S/C17H17ClN4O3/c1-2-3-4-11-14(23)22-6-5-17(15(24)20-16(25)21-17)10-7-9(18)8-12(19-11)13(10)22/h7-8H,2-6H2,1H3,(H2,20,21,24,25). The molecule has 3 heterocycles. The third-order valence-corrected chi connectivity index (χ3v) is 5.17. The molecule has 25 heavy (non-hydrogen) atoms. The first-order valence-corrected chi connectivity index (χ1v) is 8.71. The third kappa shape index (κ3) is 2.26. The third-order valence-electron chi connectivity index (χ3n) is 4.95. The van der Waals surface area contributed by atoms with Gasteiger partial charge in [-0.05, 0) is 25.0 Å². The van der Waals surface area contributed by atoms with Crippen LogP contribution in [0.4, 0.5) is 4.79 Å². The van der Waals surface area contributed by atoms with Gasteiger partial charge in [0, 0.05) is 23.6 Å². The Balaban J connectivity index is 2.02. The summed E-state index contributed by atoms with van der Waals surface area (Å²) in [6.07, 6.45) is 2.75. The van der Waals surface area contributed by atoms with E-state index in [4.69, 9.17) is 11.6 Å². The predicted octanol–water partition coefficient (Wildman–Crippen LogP) is 1.83. The Morgan fingerprint density at radius 1 is 1.32 bits per heavy atom. The number of aromatic nitrogens is 2. The minimum atomic E-state index is -1.20. The van der Waals surface area contributed by atoms with E-state index >= 15 is 0 Å². The number of amides is 3. The van der Waals surface area contributed by atoms with E-state index in [0.29, 0.717) is 46.7 Å². The van der Waals surface area contributed by atoms with Gasteiger partial charge in [0.2, 0.25) is 0 Å². The molecule has 1 unspecified atom stereocenters. The lowest BCUT2D eigenvalue weighted by Crippen LogP contribution is -2.48. The molecule has 3 amide bonds. The van der Waals surface area contributed by atoms with Gasteiger partial charge in [-0.15, -0.1) is 0 Å². The lowest BCUT2D eigenvalue weighted by molar-refractivity contribution is -0.124. The number of nitrogens with one attached hydrogen (secondary N) is 2. The first-order chi connectivity index (χ1) is 12.0. The largest absolute Gasteiger partial charge is 0.322 e. The van der Waals surface area contributed by atoms with Gasteiger partial charge in [-0.1, -0.05) is 24.9 Å². The summed E-state index contributed by atoms with van der Waals surface area (Å²) in [5.74, 6) is -0.421. The van der Waals surface area contributed by atoms with Crippen LogP contribution in [0.15, 0.2) is 16.9 Å². The molecule has 2 aromatic rings. The van der Waals surface area contributed by atoms with Gasteiger partial charge in [0.25, 0.3) is 11.5 Å². The zero-order chi connectivity index (χ0) is 17.8. The van der Waals surface area contributed by atoms with Crippen molar-refractivity contribution in [3.05, 3.63) is 38.8 Å². The van der Waals surface area contributed by atoms with E-state index < -0.39 is 17.5 Å². The van der Waals surface area contributed by atoms with Gasteiger partial charge in [0.05, 0.1) is 11.0 Å². The second kappa shape index (κ2) is 5.56. The van der Waals surface area contributed by atoms with E-state index in [1.165, 1.54) is 0 Å². The summed E-state index contributed by atoms with van der Waals surface area (Å²) in [5.41, 5.74) is 0.845. The van der Waals surface area contributed by atoms with Crippen molar-refractivity contribution < 1.29 is 9.59 Å². The smallest absolute Gasteiger partial charge is 0.319 e. The van der Waals surface area contributed by atoms with Crippen LogP contribution < -0.4 is 16.2 Å². The van der Waals surface area contributed by atoms with Gasteiger partial charge in [-0.2, -0.15) is 0 Å². The first-order valence-electron chi connectivity index (χ1n) is 8.33. The van der Waals surface area contributed by atoms with Gasteiger partial charge in [0.1, 0.15) is 11.2 Å². The molecule has 0 bridgehead atoms. The van der Waals surface area contributed by atoms with Crippen LogP contribution in [0.25, 0.3) is 11.0 Å². The minimum absolute atomic E-state index is 0.135. The molecule has 0 aliphatic carbocycles. The van der Waals surface area contributed by atoms with Crippen LogP contribution >= 0.6 is 11.6 Å². The number of imide groups is 1. The van der Waals surface area contributed by atoms with Gasteiger partial charge in [-0.3, -0.25) is 14.9 Å². The van der Waals surface area contributed by atoms with Crippen LogP contribution in [0.1, 0.15) is 37.4 Å². The molecular formula is C17H17ClN4O3. The van der Waals surface area contributed by atoms with E-state index in [0.717, 1.165) is 12.8 Å². The van der Waals surface area contributed by atoms with E-state index in [2.05, 4.69) is 22.5 Å². The molecule has 2 N–H and O–H groups in total. The Labute approximate surface area is 148 Å². The topological polar surface area (TPSA) is 93.1 Å². The summed E-state index contributed by atoms with van der Waals surface area (Å²) >= 11 is 6.25. The molecule has 2 aliphatic rings. The lowest BCUT2D eigenvalue weighted by Gasteiger charge is -2.33. The van der Waals surface area contributed by atoms with Crippen molar-refractivity contribution in [2.45, 2.75) is 44.7 Å². The normalized spacial score (nSPS) is 21.7. The van der Waals surface area contributed by atoms with Crippen LogP contribution in [0.5, 0.6) is 0 Å². The predicted molar refractivity (Wildman–Crippen MR) is 92.6 cm³/mol. The Bertz CT molecular complexity index is 984. The fraction of sp³-hybridized carbons (Fsp3) is 0.412. The number of unbranched alkanes of at least 4 members (excludes halogenated alkanes) is 1. The molecule has 1 spiro atoms.